The van der Waals surface area contributed by atoms with Crippen LogP contribution in [0.3, 0.4) is 0 Å². The maximum Gasteiger partial charge on any atom is 0.472 e. The summed E-state index contributed by atoms with van der Waals surface area (Å²) < 4.78 is 68.5. The summed E-state index contributed by atoms with van der Waals surface area (Å²) >= 11 is 0. The van der Waals surface area contributed by atoms with E-state index in [0.717, 1.165) is 96.3 Å². The lowest BCUT2D eigenvalue weighted by molar-refractivity contribution is -0.161. The molecule has 0 aromatic carbocycles. The van der Waals surface area contributed by atoms with Crippen LogP contribution in [0.5, 0.6) is 0 Å². The van der Waals surface area contributed by atoms with E-state index in [1.807, 2.05) is 0 Å². The van der Waals surface area contributed by atoms with Gasteiger partial charge in [-0.1, -0.05) is 350 Å². The smallest absolute Gasteiger partial charge is 0.462 e. The summed E-state index contributed by atoms with van der Waals surface area (Å²) in [5, 5.41) is 10.6. The standard InChI is InChI=1S/C77H150O17P2/c1-7-9-11-13-15-17-19-21-23-25-26-27-28-29-31-33-35-37-41-49-55-61-76(81)93-72(65-87-74(79)59-53-47-40-36-34-32-30-24-22-20-18-16-14-12-10-8-2)67-91-95(83,84)89-63-71(78)64-90-96(85,86)92-68-73(66-88-75(80)60-54-48-44-43-46-52-58-70(5)6)94-77(82)62-56-50-42-38-39-45-51-57-69(3)4/h69-73,78H,7-68H2,1-6H3,(H,83,84)(H,85,86)/t71-,72-,73-/m1/s1. The van der Waals surface area contributed by atoms with E-state index in [1.165, 1.54) is 212 Å². The summed E-state index contributed by atoms with van der Waals surface area (Å²) in [4.78, 5) is 72.7. The molecule has 0 aliphatic heterocycles. The lowest BCUT2D eigenvalue weighted by Gasteiger charge is -2.21. The molecule has 0 aliphatic carbocycles. The number of carbonyl (C=O) groups excluding carboxylic acids is 4. The zero-order valence-electron chi connectivity index (χ0n) is 62.7. The number of phosphoric acid groups is 2. The first kappa shape index (κ1) is 94.1. The summed E-state index contributed by atoms with van der Waals surface area (Å²) in [6.07, 6.45) is 57.4. The van der Waals surface area contributed by atoms with Crippen LogP contribution in [0.25, 0.3) is 0 Å². The number of aliphatic hydroxyl groups excluding tert-OH is 1. The summed E-state index contributed by atoms with van der Waals surface area (Å²) in [6.45, 7) is 9.45. The summed E-state index contributed by atoms with van der Waals surface area (Å²) in [5.41, 5.74) is 0. The van der Waals surface area contributed by atoms with Crippen LogP contribution < -0.4 is 0 Å². The average Bonchev–Trinajstić information content (AvgIpc) is 1.37. The Hall–Kier alpha value is -1.94. The van der Waals surface area contributed by atoms with Gasteiger partial charge in [0.15, 0.2) is 12.2 Å². The van der Waals surface area contributed by atoms with Crippen molar-refractivity contribution in [3.8, 4) is 0 Å². The minimum atomic E-state index is -4.96. The topological polar surface area (TPSA) is 237 Å². The highest BCUT2D eigenvalue weighted by molar-refractivity contribution is 7.47. The van der Waals surface area contributed by atoms with E-state index >= 15 is 0 Å². The van der Waals surface area contributed by atoms with Crippen molar-refractivity contribution in [3.63, 3.8) is 0 Å². The Kier molecular flexibility index (Phi) is 67.4. The Bertz CT molecular complexity index is 1860. The maximum absolute atomic E-state index is 13.1. The monoisotopic (exact) mass is 1410 g/mol. The Morgan fingerprint density at radius 2 is 0.479 bits per heavy atom. The molecule has 0 saturated heterocycles. The predicted octanol–water partition coefficient (Wildman–Crippen LogP) is 22.7. The Balaban J connectivity index is 5.18. The number of hydrogen-bond acceptors (Lipinski definition) is 15. The zero-order valence-corrected chi connectivity index (χ0v) is 64.5. The molecule has 570 valence electrons. The van der Waals surface area contributed by atoms with Crippen molar-refractivity contribution in [2.24, 2.45) is 11.8 Å². The van der Waals surface area contributed by atoms with Crippen LogP contribution in [0.4, 0.5) is 0 Å². The van der Waals surface area contributed by atoms with E-state index in [0.29, 0.717) is 37.5 Å². The molecule has 0 saturated carbocycles. The summed E-state index contributed by atoms with van der Waals surface area (Å²) in [6, 6.07) is 0. The third-order valence-corrected chi connectivity index (χ3v) is 19.9. The second-order valence-corrected chi connectivity index (χ2v) is 31.6. The van der Waals surface area contributed by atoms with E-state index in [2.05, 4.69) is 41.5 Å². The minimum Gasteiger partial charge on any atom is -0.462 e. The summed E-state index contributed by atoms with van der Waals surface area (Å²) in [5.74, 6) is -0.745. The highest BCUT2D eigenvalue weighted by Crippen LogP contribution is 2.45. The van der Waals surface area contributed by atoms with Crippen LogP contribution in [-0.4, -0.2) is 96.7 Å². The third-order valence-electron chi connectivity index (χ3n) is 18.0. The van der Waals surface area contributed by atoms with Crippen LogP contribution in [-0.2, 0) is 65.4 Å². The second kappa shape index (κ2) is 68.8. The van der Waals surface area contributed by atoms with Crippen LogP contribution in [0.1, 0.15) is 401 Å². The molecule has 96 heavy (non-hydrogen) atoms. The average molecular weight is 1410 g/mol. The fourth-order valence-electron chi connectivity index (χ4n) is 11.8. The number of rotatable bonds is 76. The maximum atomic E-state index is 13.1. The molecule has 0 heterocycles. The highest BCUT2D eigenvalue weighted by Gasteiger charge is 2.30. The van der Waals surface area contributed by atoms with Crippen molar-refractivity contribution < 1.29 is 80.2 Å². The largest absolute Gasteiger partial charge is 0.472 e. The van der Waals surface area contributed by atoms with Crippen molar-refractivity contribution >= 4 is 39.5 Å². The first-order valence-electron chi connectivity index (χ1n) is 40.0. The molecule has 0 aromatic rings. The van der Waals surface area contributed by atoms with Gasteiger partial charge in [-0.3, -0.25) is 37.3 Å². The number of unbranched alkanes of at least 4 members (excludes halogenated alkanes) is 46. The molecule has 0 bridgehead atoms. The fourth-order valence-corrected chi connectivity index (χ4v) is 13.4. The Labute approximate surface area is 588 Å². The lowest BCUT2D eigenvalue weighted by atomic mass is 10.0. The van der Waals surface area contributed by atoms with E-state index in [4.69, 9.17) is 37.0 Å². The van der Waals surface area contributed by atoms with Gasteiger partial charge in [-0.15, -0.1) is 0 Å². The molecular formula is C77H150O17P2. The van der Waals surface area contributed by atoms with Crippen molar-refractivity contribution in [1.29, 1.82) is 0 Å². The van der Waals surface area contributed by atoms with E-state index < -0.39 is 97.5 Å². The Morgan fingerprint density at radius 1 is 0.281 bits per heavy atom. The summed E-state index contributed by atoms with van der Waals surface area (Å²) in [7, 11) is -9.91. The molecule has 0 aliphatic rings. The van der Waals surface area contributed by atoms with Gasteiger partial charge in [0, 0.05) is 25.7 Å². The van der Waals surface area contributed by atoms with Gasteiger partial charge >= 0.3 is 39.5 Å². The van der Waals surface area contributed by atoms with Crippen LogP contribution in [0, 0.1) is 11.8 Å². The molecule has 0 radical (unpaired) electrons. The Morgan fingerprint density at radius 3 is 0.708 bits per heavy atom. The van der Waals surface area contributed by atoms with Gasteiger partial charge in [-0.2, -0.15) is 0 Å². The molecule has 3 N–H and O–H groups in total. The number of hydrogen-bond donors (Lipinski definition) is 3. The molecular weight excluding hydrogens is 1260 g/mol. The van der Waals surface area contributed by atoms with Crippen molar-refractivity contribution in [1.82, 2.24) is 0 Å². The minimum absolute atomic E-state index is 0.103. The van der Waals surface area contributed by atoms with Gasteiger partial charge in [0.05, 0.1) is 26.4 Å². The van der Waals surface area contributed by atoms with Gasteiger partial charge in [-0.25, -0.2) is 9.13 Å². The van der Waals surface area contributed by atoms with Crippen LogP contribution in [0.2, 0.25) is 0 Å². The molecule has 0 fully saturated rings. The number of ether oxygens (including phenoxy) is 4. The molecule has 0 spiro atoms. The second-order valence-electron chi connectivity index (χ2n) is 28.7. The fraction of sp³-hybridized carbons (Fsp3) is 0.948. The molecule has 0 rings (SSSR count). The van der Waals surface area contributed by atoms with Gasteiger partial charge in [0.25, 0.3) is 0 Å². The van der Waals surface area contributed by atoms with E-state index in [9.17, 15) is 43.2 Å². The zero-order chi connectivity index (χ0) is 70.7. The number of esters is 4. The third kappa shape index (κ3) is 70.5. The van der Waals surface area contributed by atoms with E-state index in [1.54, 1.807) is 0 Å². The lowest BCUT2D eigenvalue weighted by Crippen LogP contribution is -2.30. The SMILES string of the molecule is CCCCCCCCCCCCCCCCCCCCCCCC(=O)O[C@H](COC(=O)CCCCCCCCCCCCCCCCCC)COP(=O)(O)OC[C@@H](O)COP(=O)(O)OC[C@@H](COC(=O)CCCCCCCCC(C)C)OC(=O)CCCCCCCCCC(C)C. The van der Waals surface area contributed by atoms with E-state index in [-0.39, 0.29) is 25.7 Å². The van der Waals surface area contributed by atoms with Gasteiger partial charge in [0.2, 0.25) is 0 Å². The van der Waals surface area contributed by atoms with Crippen LogP contribution in [0.15, 0.2) is 0 Å². The van der Waals surface area contributed by atoms with Crippen LogP contribution >= 0.6 is 15.6 Å². The molecule has 5 atom stereocenters. The predicted molar refractivity (Wildman–Crippen MR) is 391 cm³/mol. The molecule has 0 amide bonds. The highest BCUT2D eigenvalue weighted by atomic mass is 31.2. The van der Waals surface area contributed by atoms with Crippen molar-refractivity contribution in [3.05, 3.63) is 0 Å². The van der Waals surface area contributed by atoms with Crippen molar-refractivity contribution in [2.75, 3.05) is 39.6 Å². The normalized spacial score (nSPS) is 14.0. The number of aliphatic hydroxyl groups is 1. The molecule has 19 heteroatoms. The van der Waals surface area contributed by atoms with Gasteiger partial charge in [0.1, 0.15) is 19.3 Å². The quantitative estimate of drug-likeness (QED) is 0.0222. The number of carbonyl (C=O) groups is 4. The molecule has 0 aromatic heterocycles. The first-order valence-corrected chi connectivity index (χ1v) is 43.0. The molecule has 17 nitrogen and oxygen atoms in total. The molecule has 2 unspecified atom stereocenters. The number of phosphoric ester groups is 2. The van der Waals surface area contributed by atoms with Gasteiger partial charge < -0.3 is 33.8 Å². The first-order chi connectivity index (χ1) is 46.4. The van der Waals surface area contributed by atoms with Crippen molar-refractivity contribution in [2.45, 2.75) is 419 Å². The van der Waals surface area contributed by atoms with Gasteiger partial charge in [-0.05, 0) is 37.5 Å².